The van der Waals surface area contributed by atoms with Crippen LogP contribution in [0.1, 0.15) is 13.3 Å². The van der Waals surface area contributed by atoms with E-state index in [-0.39, 0.29) is 11.2 Å². The van der Waals surface area contributed by atoms with Crippen LogP contribution in [0.4, 0.5) is 11.4 Å². The Labute approximate surface area is 133 Å². The van der Waals surface area contributed by atoms with Gasteiger partial charge in [0.05, 0.1) is 5.25 Å². The van der Waals surface area contributed by atoms with Crippen molar-refractivity contribution in [3.8, 4) is 0 Å². The van der Waals surface area contributed by atoms with Gasteiger partial charge in [-0.1, -0.05) is 24.6 Å². The summed E-state index contributed by atoms with van der Waals surface area (Å²) >= 11 is 7.45. The molecule has 2 aromatic carbocycles. The molecule has 0 spiro atoms. The smallest absolute Gasteiger partial charge is 0.237 e. The molecule has 110 valence electrons. The summed E-state index contributed by atoms with van der Waals surface area (Å²) in [5.41, 5.74) is 7.10. The van der Waals surface area contributed by atoms with E-state index in [0.717, 1.165) is 17.0 Å². The van der Waals surface area contributed by atoms with Crippen LogP contribution in [-0.4, -0.2) is 11.2 Å². The summed E-state index contributed by atoms with van der Waals surface area (Å²) < 4.78 is 0. The monoisotopic (exact) mass is 320 g/mol. The molecule has 0 saturated heterocycles. The molecule has 0 aliphatic rings. The first-order valence-electron chi connectivity index (χ1n) is 6.67. The van der Waals surface area contributed by atoms with E-state index >= 15 is 0 Å². The lowest BCUT2D eigenvalue weighted by molar-refractivity contribution is -0.115. The van der Waals surface area contributed by atoms with E-state index < -0.39 is 0 Å². The van der Waals surface area contributed by atoms with Crippen molar-refractivity contribution in [1.29, 1.82) is 0 Å². The van der Waals surface area contributed by atoms with E-state index in [1.807, 2.05) is 43.3 Å². The largest absolute Gasteiger partial charge is 0.399 e. The van der Waals surface area contributed by atoms with E-state index in [2.05, 4.69) is 5.32 Å². The number of anilines is 2. The number of carbonyl (C=O) groups excluding carboxylic acids is 1. The van der Waals surface area contributed by atoms with Gasteiger partial charge in [-0.05, 0) is 48.9 Å². The summed E-state index contributed by atoms with van der Waals surface area (Å²) in [5.74, 6) is -0.0263. The molecule has 3 N–H and O–H groups in total. The summed E-state index contributed by atoms with van der Waals surface area (Å²) in [6, 6.07) is 14.7. The number of carbonyl (C=O) groups is 1. The number of benzene rings is 2. The van der Waals surface area contributed by atoms with Crippen molar-refractivity contribution >= 4 is 40.6 Å². The van der Waals surface area contributed by atoms with Crippen LogP contribution in [0, 0.1) is 0 Å². The summed E-state index contributed by atoms with van der Waals surface area (Å²) in [7, 11) is 0. The molecular formula is C16H17ClN2OS. The Morgan fingerprint density at radius 1 is 1.29 bits per heavy atom. The first-order chi connectivity index (χ1) is 10.1. The Morgan fingerprint density at radius 2 is 2.00 bits per heavy atom. The van der Waals surface area contributed by atoms with Crippen molar-refractivity contribution in [2.45, 2.75) is 23.5 Å². The van der Waals surface area contributed by atoms with Gasteiger partial charge in [0, 0.05) is 21.3 Å². The SMILES string of the molecule is CCC(Sc1ccc(N)cc1)C(=O)Nc1cccc(Cl)c1. The fourth-order valence-electron chi connectivity index (χ4n) is 1.82. The van der Waals surface area contributed by atoms with Crippen LogP contribution >= 0.6 is 23.4 Å². The lowest BCUT2D eigenvalue weighted by Crippen LogP contribution is -2.24. The normalized spacial score (nSPS) is 11.9. The van der Waals surface area contributed by atoms with Gasteiger partial charge >= 0.3 is 0 Å². The summed E-state index contributed by atoms with van der Waals surface area (Å²) in [6.45, 7) is 1.99. The minimum atomic E-state index is -0.160. The van der Waals surface area contributed by atoms with Crippen LogP contribution in [-0.2, 0) is 4.79 Å². The maximum absolute atomic E-state index is 12.3. The molecule has 1 atom stereocenters. The van der Waals surface area contributed by atoms with E-state index in [9.17, 15) is 4.79 Å². The first-order valence-corrected chi connectivity index (χ1v) is 7.93. The Bertz CT molecular complexity index is 616. The molecule has 0 heterocycles. The van der Waals surface area contributed by atoms with Crippen LogP contribution < -0.4 is 11.1 Å². The molecule has 0 saturated carbocycles. The highest BCUT2D eigenvalue weighted by Crippen LogP contribution is 2.27. The predicted octanol–water partition coefficient (Wildman–Crippen LogP) is 4.43. The lowest BCUT2D eigenvalue weighted by Gasteiger charge is -2.15. The van der Waals surface area contributed by atoms with Gasteiger partial charge in [-0.3, -0.25) is 4.79 Å². The summed E-state index contributed by atoms with van der Waals surface area (Å²) in [5, 5.41) is 3.34. The molecule has 2 aromatic rings. The average molecular weight is 321 g/mol. The molecule has 5 heteroatoms. The van der Waals surface area contributed by atoms with Gasteiger partial charge in [0.15, 0.2) is 0 Å². The Balaban J connectivity index is 2.03. The highest BCUT2D eigenvalue weighted by atomic mass is 35.5. The molecule has 1 unspecified atom stereocenters. The molecule has 0 radical (unpaired) electrons. The van der Waals surface area contributed by atoms with Gasteiger partial charge in [-0.25, -0.2) is 0 Å². The minimum Gasteiger partial charge on any atom is -0.399 e. The van der Waals surface area contributed by atoms with Crippen LogP contribution in [0.15, 0.2) is 53.4 Å². The number of nitrogens with one attached hydrogen (secondary N) is 1. The Hall–Kier alpha value is -1.65. The number of rotatable bonds is 5. The second kappa shape index (κ2) is 7.38. The molecule has 3 nitrogen and oxygen atoms in total. The zero-order valence-electron chi connectivity index (χ0n) is 11.7. The number of halogens is 1. The maximum atomic E-state index is 12.3. The van der Waals surface area contributed by atoms with Crippen molar-refractivity contribution in [2.24, 2.45) is 0 Å². The third kappa shape index (κ3) is 4.69. The number of nitrogen functional groups attached to an aromatic ring is 1. The Kier molecular flexibility index (Phi) is 5.53. The topological polar surface area (TPSA) is 55.1 Å². The van der Waals surface area contributed by atoms with Gasteiger partial charge in [0.1, 0.15) is 0 Å². The summed E-state index contributed by atoms with van der Waals surface area (Å²) in [6.07, 6.45) is 0.738. The van der Waals surface area contributed by atoms with E-state index in [1.165, 1.54) is 11.8 Å². The number of nitrogens with two attached hydrogens (primary N) is 1. The van der Waals surface area contributed by atoms with Crippen LogP contribution in [0.3, 0.4) is 0 Å². The zero-order valence-corrected chi connectivity index (χ0v) is 13.2. The Morgan fingerprint density at radius 3 is 2.62 bits per heavy atom. The molecule has 0 aliphatic heterocycles. The number of hydrogen-bond acceptors (Lipinski definition) is 3. The summed E-state index contributed by atoms with van der Waals surface area (Å²) in [4.78, 5) is 13.4. The standard InChI is InChI=1S/C16H17ClN2OS/c1-2-15(21-14-8-6-12(18)7-9-14)16(20)19-13-5-3-4-11(17)10-13/h3-10,15H,2,18H2,1H3,(H,19,20). The van der Waals surface area contributed by atoms with Gasteiger partial charge in [-0.15, -0.1) is 11.8 Å². The maximum Gasteiger partial charge on any atom is 0.237 e. The molecule has 0 aromatic heterocycles. The molecule has 0 aliphatic carbocycles. The van der Waals surface area contributed by atoms with Crippen molar-refractivity contribution in [1.82, 2.24) is 0 Å². The first kappa shape index (κ1) is 15.7. The van der Waals surface area contributed by atoms with E-state index in [0.29, 0.717) is 10.7 Å². The highest BCUT2D eigenvalue weighted by Gasteiger charge is 2.18. The van der Waals surface area contributed by atoms with Gasteiger partial charge in [0.2, 0.25) is 5.91 Å². The lowest BCUT2D eigenvalue weighted by atomic mass is 10.2. The average Bonchev–Trinajstić information content (AvgIpc) is 2.46. The van der Waals surface area contributed by atoms with Gasteiger partial charge < -0.3 is 11.1 Å². The zero-order chi connectivity index (χ0) is 15.2. The molecular weight excluding hydrogens is 304 g/mol. The highest BCUT2D eigenvalue weighted by molar-refractivity contribution is 8.00. The quantitative estimate of drug-likeness (QED) is 0.633. The van der Waals surface area contributed by atoms with Crippen molar-refractivity contribution < 1.29 is 4.79 Å². The molecule has 21 heavy (non-hydrogen) atoms. The van der Waals surface area contributed by atoms with Crippen LogP contribution in [0.5, 0.6) is 0 Å². The van der Waals surface area contributed by atoms with Crippen LogP contribution in [0.25, 0.3) is 0 Å². The minimum absolute atomic E-state index is 0.0263. The third-order valence-corrected chi connectivity index (χ3v) is 4.53. The number of hydrogen-bond donors (Lipinski definition) is 2. The van der Waals surface area contributed by atoms with Gasteiger partial charge in [0.25, 0.3) is 0 Å². The molecule has 0 bridgehead atoms. The van der Waals surface area contributed by atoms with E-state index in [1.54, 1.807) is 12.1 Å². The molecule has 2 rings (SSSR count). The van der Waals surface area contributed by atoms with Crippen LogP contribution in [0.2, 0.25) is 5.02 Å². The van der Waals surface area contributed by atoms with Crippen molar-refractivity contribution in [3.05, 3.63) is 53.6 Å². The van der Waals surface area contributed by atoms with Crippen molar-refractivity contribution in [3.63, 3.8) is 0 Å². The predicted molar refractivity (Wildman–Crippen MR) is 90.9 cm³/mol. The molecule has 0 fully saturated rings. The van der Waals surface area contributed by atoms with Gasteiger partial charge in [-0.2, -0.15) is 0 Å². The third-order valence-electron chi connectivity index (χ3n) is 2.91. The fraction of sp³-hybridized carbons (Fsp3) is 0.188. The molecule has 1 amide bonds. The van der Waals surface area contributed by atoms with Crippen molar-refractivity contribution in [2.75, 3.05) is 11.1 Å². The second-order valence-electron chi connectivity index (χ2n) is 4.58. The number of amides is 1. The second-order valence-corrected chi connectivity index (χ2v) is 6.30. The fourth-order valence-corrected chi connectivity index (χ4v) is 2.97. The number of thioether (sulfide) groups is 1. The van der Waals surface area contributed by atoms with E-state index in [4.69, 9.17) is 17.3 Å².